The van der Waals surface area contributed by atoms with E-state index in [9.17, 15) is 30.3 Å². The first-order valence-corrected chi connectivity index (χ1v) is 6.77. The number of aryl methyl sites for hydroxylation is 1. The topological polar surface area (TPSA) is 151 Å². The summed E-state index contributed by atoms with van der Waals surface area (Å²) in [5.41, 5.74) is -1.77. The van der Waals surface area contributed by atoms with Gasteiger partial charge >= 0.3 is 11.4 Å². The van der Waals surface area contributed by atoms with Crippen LogP contribution in [0, 0.1) is 37.3 Å². The number of methoxy groups -OCH3 is 1. The highest BCUT2D eigenvalue weighted by Crippen LogP contribution is 2.41. The zero-order valence-electron chi connectivity index (χ0n) is 13.1. The van der Waals surface area contributed by atoms with Crippen LogP contribution in [0.25, 0.3) is 0 Å². The Kier molecular flexibility index (Phi) is 4.77. The van der Waals surface area contributed by atoms with E-state index < -0.39 is 37.5 Å². The van der Waals surface area contributed by atoms with Gasteiger partial charge in [0.2, 0.25) is 0 Å². The number of anilines is 2. The second-order valence-electron chi connectivity index (χ2n) is 4.96. The number of benzene rings is 2. The zero-order chi connectivity index (χ0) is 18.7. The fourth-order valence-electron chi connectivity index (χ4n) is 2.17. The molecule has 0 aliphatic rings. The van der Waals surface area contributed by atoms with Crippen molar-refractivity contribution >= 4 is 28.4 Å². The summed E-state index contributed by atoms with van der Waals surface area (Å²) in [4.78, 5) is 30.6. The Morgan fingerprint density at radius 2 is 1.48 bits per heavy atom. The lowest BCUT2D eigenvalue weighted by Crippen LogP contribution is -2.04. The first-order chi connectivity index (χ1) is 11.7. The fraction of sp³-hybridized carbons (Fsp3) is 0.143. The minimum absolute atomic E-state index is 0.252. The lowest BCUT2D eigenvalue weighted by Gasteiger charge is -2.12. The van der Waals surface area contributed by atoms with E-state index in [-0.39, 0.29) is 5.69 Å². The van der Waals surface area contributed by atoms with E-state index in [0.29, 0.717) is 17.9 Å². The van der Waals surface area contributed by atoms with Crippen molar-refractivity contribution in [3.63, 3.8) is 0 Å². The lowest BCUT2D eigenvalue weighted by atomic mass is 10.1. The van der Waals surface area contributed by atoms with E-state index in [1.807, 2.05) is 0 Å². The summed E-state index contributed by atoms with van der Waals surface area (Å²) in [6.45, 7) is 1.75. The Bertz CT molecular complexity index is 846. The molecule has 0 bridgehead atoms. The SMILES string of the molecule is COc1ccc(C)cc1Nc1c([N+](=O)[O-])cc([N+](=O)[O-])cc1[N+](=O)[O-]. The van der Waals surface area contributed by atoms with Crippen molar-refractivity contribution < 1.29 is 19.5 Å². The third-order valence-corrected chi connectivity index (χ3v) is 3.30. The van der Waals surface area contributed by atoms with Crippen molar-refractivity contribution in [1.82, 2.24) is 0 Å². The first kappa shape index (κ1) is 17.6. The van der Waals surface area contributed by atoms with Gasteiger partial charge in [0.1, 0.15) is 5.75 Å². The van der Waals surface area contributed by atoms with Gasteiger partial charge < -0.3 is 10.1 Å². The Labute approximate surface area is 140 Å². The predicted octanol–water partition coefficient (Wildman–Crippen LogP) is 3.47. The van der Waals surface area contributed by atoms with E-state index in [2.05, 4.69) is 5.32 Å². The number of non-ortho nitro benzene ring substituents is 1. The Hall–Kier alpha value is -3.76. The number of nitrogens with zero attached hydrogens (tertiary/aromatic N) is 3. The molecule has 11 heteroatoms. The average Bonchev–Trinajstić information content (AvgIpc) is 2.54. The molecule has 0 aliphatic heterocycles. The van der Waals surface area contributed by atoms with Crippen LogP contribution in [0.2, 0.25) is 0 Å². The van der Waals surface area contributed by atoms with Gasteiger partial charge in [-0.3, -0.25) is 30.3 Å². The largest absolute Gasteiger partial charge is 0.495 e. The van der Waals surface area contributed by atoms with Crippen LogP contribution in [0.3, 0.4) is 0 Å². The predicted molar refractivity (Wildman–Crippen MR) is 87.4 cm³/mol. The lowest BCUT2D eigenvalue weighted by molar-refractivity contribution is -0.401. The molecule has 1 N–H and O–H groups in total. The Morgan fingerprint density at radius 3 is 1.92 bits per heavy atom. The summed E-state index contributed by atoms with van der Waals surface area (Å²) in [5.74, 6) is 0.299. The maximum atomic E-state index is 11.3. The van der Waals surface area contributed by atoms with Gasteiger partial charge in [-0.1, -0.05) is 6.07 Å². The summed E-state index contributed by atoms with van der Waals surface area (Å²) in [7, 11) is 1.37. The van der Waals surface area contributed by atoms with Gasteiger partial charge in [-0.15, -0.1) is 0 Å². The van der Waals surface area contributed by atoms with Crippen LogP contribution >= 0.6 is 0 Å². The van der Waals surface area contributed by atoms with Crippen molar-refractivity contribution in [2.45, 2.75) is 6.92 Å². The number of hydrogen-bond acceptors (Lipinski definition) is 8. The van der Waals surface area contributed by atoms with E-state index in [1.165, 1.54) is 7.11 Å². The maximum Gasteiger partial charge on any atom is 0.306 e. The second-order valence-corrected chi connectivity index (χ2v) is 4.96. The van der Waals surface area contributed by atoms with Crippen molar-refractivity contribution in [3.05, 3.63) is 66.2 Å². The molecule has 0 amide bonds. The number of nitrogens with one attached hydrogen (secondary N) is 1. The highest BCUT2D eigenvalue weighted by molar-refractivity contribution is 5.83. The molecular weight excluding hydrogens is 336 g/mol. The quantitative estimate of drug-likeness (QED) is 0.615. The highest BCUT2D eigenvalue weighted by atomic mass is 16.6. The minimum Gasteiger partial charge on any atom is -0.495 e. The van der Waals surface area contributed by atoms with Gasteiger partial charge in [-0.05, 0) is 24.6 Å². The summed E-state index contributed by atoms with van der Waals surface area (Å²) in [6.07, 6.45) is 0. The summed E-state index contributed by atoms with van der Waals surface area (Å²) in [6, 6.07) is 6.21. The molecule has 0 saturated heterocycles. The molecule has 0 unspecified atom stereocenters. The summed E-state index contributed by atoms with van der Waals surface area (Å²) in [5, 5.41) is 36.0. The van der Waals surface area contributed by atoms with Crippen LogP contribution in [0.15, 0.2) is 30.3 Å². The Morgan fingerprint density at radius 1 is 0.920 bits per heavy atom. The van der Waals surface area contributed by atoms with Crippen LogP contribution in [-0.4, -0.2) is 21.9 Å². The molecule has 0 saturated carbocycles. The van der Waals surface area contributed by atoms with Gasteiger partial charge in [-0.2, -0.15) is 0 Å². The molecule has 11 nitrogen and oxygen atoms in total. The molecule has 25 heavy (non-hydrogen) atoms. The second kappa shape index (κ2) is 6.78. The van der Waals surface area contributed by atoms with Crippen LogP contribution in [-0.2, 0) is 0 Å². The fourth-order valence-corrected chi connectivity index (χ4v) is 2.17. The smallest absolute Gasteiger partial charge is 0.306 e. The van der Waals surface area contributed by atoms with Gasteiger partial charge in [0.25, 0.3) is 5.69 Å². The molecule has 2 rings (SSSR count). The molecule has 0 fully saturated rings. The zero-order valence-corrected chi connectivity index (χ0v) is 13.1. The van der Waals surface area contributed by atoms with Gasteiger partial charge in [-0.25, -0.2) is 0 Å². The maximum absolute atomic E-state index is 11.3. The van der Waals surface area contributed by atoms with Crippen LogP contribution < -0.4 is 10.1 Å². The van der Waals surface area contributed by atoms with Crippen molar-refractivity contribution in [2.24, 2.45) is 0 Å². The number of ether oxygens (including phenoxy) is 1. The van der Waals surface area contributed by atoms with Crippen LogP contribution in [0.1, 0.15) is 5.56 Å². The molecule has 0 aromatic heterocycles. The normalized spacial score (nSPS) is 10.2. The third kappa shape index (κ3) is 3.60. The van der Waals surface area contributed by atoms with Gasteiger partial charge in [0, 0.05) is 0 Å². The third-order valence-electron chi connectivity index (χ3n) is 3.30. The van der Waals surface area contributed by atoms with Gasteiger partial charge in [0.15, 0.2) is 5.69 Å². The van der Waals surface area contributed by atoms with E-state index in [1.54, 1.807) is 25.1 Å². The molecule has 130 valence electrons. The number of rotatable bonds is 6. The van der Waals surface area contributed by atoms with Crippen molar-refractivity contribution in [3.8, 4) is 5.75 Å². The molecule has 0 heterocycles. The standard InChI is InChI=1S/C14H12N4O7/c1-8-3-4-13(25-2)10(5-8)15-14-11(17(21)22)6-9(16(19)20)7-12(14)18(23)24/h3-7,15H,1-2H3. The number of hydrogen-bond donors (Lipinski definition) is 1. The molecule has 0 radical (unpaired) electrons. The highest BCUT2D eigenvalue weighted by Gasteiger charge is 2.31. The van der Waals surface area contributed by atoms with Crippen LogP contribution in [0.5, 0.6) is 5.75 Å². The monoisotopic (exact) mass is 348 g/mol. The van der Waals surface area contributed by atoms with E-state index in [4.69, 9.17) is 4.74 Å². The van der Waals surface area contributed by atoms with Crippen LogP contribution in [0.4, 0.5) is 28.4 Å². The van der Waals surface area contributed by atoms with E-state index >= 15 is 0 Å². The average molecular weight is 348 g/mol. The Balaban J connectivity index is 2.71. The number of nitro groups is 3. The van der Waals surface area contributed by atoms with Crippen molar-refractivity contribution in [2.75, 3.05) is 12.4 Å². The molecule has 0 spiro atoms. The van der Waals surface area contributed by atoms with Gasteiger partial charge in [0.05, 0.1) is 39.7 Å². The summed E-state index contributed by atoms with van der Waals surface area (Å²) < 4.78 is 5.12. The molecule has 0 atom stereocenters. The van der Waals surface area contributed by atoms with E-state index in [0.717, 1.165) is 5.56 Å². The number of nitro benzene ring substituents is 3. The molecule has 2 aromatic rings. The molecule has 2 aromatic carbocycles. The molecular formula is C14H12N4O7. The summed E-state index contributed by atoms with van der Waals surface area (Å²) >= 11 is 0. The first-order valence-electron chi connectivity index (χ1n) is 6.77. The molecule has 0 aliphatic carbocycles. The minimum atomic E-state index is -0.934. The van der Waals surface area contributed by atoms with Crippen molar-refractivity contribution in [1.29, 1.82) is 0 Å².